The monoisotopic (exact) mass is 513 g/mol. The molecule has 1 N–H and O–H groups in total. The van der Waals surface area contributed by atoms with Crippen LogP contribution >= 0.6 is 11.6 Å². The van der Waals surface area contributed by atoms with Crippen LogP contribution in [0.3, 0.4) is 0 Å². The smallest absolute Gasteiger partial charge is 0.341 e. The van der Waals surface area contributed by atoms with Gasteiger partial charge in [-0.25, -0.2) is 4.79 Å². The van der Waals surface area contributed by atoms with E-state index in [9.17, 15) is 14.7 Å². The fraction of sp³-hybridized carbons (Fsp3) is 0.417. The summed E-state index contributed by atoms with van der Waals surface area (Å²) in [6.45, 7) is 5.19. The van der Waals surface area contributed by atoms with Crippen LogP contribution in [0.2, 0.25) is 5.02 Å². The Kier molecular flexibility index (Phi) is 7.80. The van der Waals surface area contributed by atoms with E-state index in [1.165, 1.54) is 21.8 Å². The Hall–Kier alpha value is -3.57. The molecule has 4 rings (SSSR count). The summed E-state index contributed by atoms with van der Waals surface area (Å²) in [4.78, 5) is 27.9. The third kappa shape index (κ3) is 6.35. The van der Waals surface area contributed by atoms with Crippen molar-refractivity contribution in [2.45, 2.75) is 45.4 Å². The second-order valence-corrected chi connectivity index (χ2v) is 9.18. The highest BCUT2D eigenvalue weighted by Crippen LogP contribution is 2.25. The zero-order chi connectivity index (χ0) is 25.7. The summed E-state index contributed by atoms with van der Waals surface area (Å²) < 4.78 is 6.51. The van der Waals surface area contributed by atoms with Crippen LogP contribution in [0, 0.1) is 6.92 Å². The van der Waals surface area contributed by atoms with Crippen LogP contribution in [0.1, 0.15) is 47.1 Å². The van der Waals surface area contributed by atoms with Gasteiger partial charge in [-0.2, -0.15) is 9.90 Å². The number of halogens is 1. The van der Waals surface area contributed by atoms with Gasteiger partial charge in [-0.1, -0.05) is 17.7 Å². The number of aliphatic hydroxyl groups is 1. The molecule has 1 aromatic carbocycles. The summed E-state index contributed by atoms with van der Waals surface area (Å²) in [6, 6.07) is 5.42. The molecule has 2 aromatic heterocycles. The Bertz CT molecular complexity index is 1260. The van der Waals surface area contributed by atoms with Gasteiger partial charge in [0, 0.05) is 30.4 Å². The Labute approximate surface area is 213 Å². The summed E-state index contributed by atoms with van der Waals surface area (Å²) in [5.74, 6) is -0.0165. The fourth-order valence-corrected chi connectivity index (χ4v) is 4.25. The van der Waals surface area contributed by atoms with Gasteiger partial charge in [0.1, 0.15) is 0 Å². The van der Waals surface area contributed by atoms with E-state index in [0.717, 1.165) is 11.1 Å². The number of ether oxygens (including phenoxy) is 1. The SMILES string of the molecule is CCOC(=O)c1cnn(CC2(O)CCN(C(=O)C=Cc3ccc(Cl)cc3Cn3nnc(C)n3)CC2)c1. The molecule has 1 amide bonds. The van der Waals surface area contributed by atoms with Gasteiger partial charge in [-0.3, -0.25) is 9.48 Å². The van der Waals surface area contributed by atoms with Crippen LogP contribution in [0.25, 0.3) is 6.08 Å². The summed E-state index contributed by atoms with van der Waals surface area (Å²) in [6.07, 6.45) is 7.05. The van der Waals surface area contributed by atoms with Crippen molar-refractivity contribution >= 4 is 29.6 Å². The third-order valence-electron chi connectivity index (χ3n) is 5.98. The molecule has 0 unspecified atom stereocenters. The molecule has 3 aromatic rings. The van der Waals surface area contributed by atoms with Gasteiger partial charge in [0.05, 0.1) is 37.1 Å². The lowest BCUT2D eigenvalue weighted by Crippen LogP contribution is -2.48. The number of likely N-dealkylation sites (tertiary alicyclic amines) is 1. The molecule has 36 heavy (non-hydrogen) atoms. The van der Waals surface area contributed by atoms with Crippen LogP contribution in [0.5, 0.6) is 0 Å². The summed E-state index contributed by atoms with van der Waals surface area (Å²) in [5, 5.41) is 27.8. The number of rotatable bonds is 8. The van der Waals surface area contributed by atoms with Crippen molar-refractivity contribution in [1.29, 1.82) is 0 Å². The van der Waals surface area contributed by atoms with Gasteiger partial charge in [-0.05, 0) is 61.2 Å². The van der Waals surface area contributed by atoms with Gasteiger partial charge in [0.25, 0.3) is 0 Å². The maximum atomic E-state index is 12.8. The molecule has 0 radical (unpaired) electrons. The Morgan fingerprint density at radius 2 is 2.06 bits per heavy atom. The number of amides is 1. The highest BCUT2D eigenvalue weighted by Gasteiger charge is 2.34. The lowest BCUT2D eigenvalue weighted by molar-refractivity contribution is -0.130. The van der Waals surface area contributed by atoms with Gasteiger partial charge in [-0.15, -0.1) is 10.2 Å². The molecule has 1 aliphatic rings. The van der Waals surface area contributed by atoms with Crippen molar-refractivity contribution < 1.29 is 19.4 Å². The van der Waals surface area contributed by atoms with E-state index in [0.29, 0.717) is 48.9 Å². The highest BCUT2D eigenvalue weighted by molar-refractivity contribution is 6.30. The molecule has 0 bridgehead atoms. The van der Waals surface area contributed by atoms with E-state index in [1.807, 2.05) is 12.1 Å². The van der Waals surface area contributed by atoms with E-state index in [4.69, 9.17) is 16.3 Å². The molecule has 1 saturated heterocycles. The predicted molar refractivity (Wildman–Crippen MR) is 131 cm³/mol. The van der Waals surface area contributed by atoms with E-state index >= 15 is 0 Å². The number of aryl methyl sites for hydroxylation is 1. The third-order valence-corrected chi connectivity index (χ3v) is 6.22. The fourth-order valence-electron chi connectivity index (χ4n) is 4.06. The van der Waals surface area contributed by atoms with Crippen LogP contribution in [0.15, 0.2) is 36.7 Å². The molecular weight excluding hydrogens is 486 g/mol. The Morgan fingerprint density at radius 3 is 2.75 bits per heavy atom. The van der Waals surface area contributed by atoms with Crippen LogP contribution < -0.4 is 0 Å². The average molecular weight is 514 g/mol. The molecule has 3 heterocycles. The molecule has 190 valence electrons. The molecule has 1 aliphatic heterocycles. The van der Waals surface area contributed by atoms with E-state index in [1.54, 1.807) is 37.1 Å². The minimum absolute atomic E-state index is 0.142. The number of aromatic nitrogens is 6. The Balaban J connectivity index is 1.35. The number of carbonyl (C=O) groups excluding carboxylic acids is 2. The average Bonchev–Trinajstić information content (AvgIpc) is 3.47. The van der Waals surface area contributed by atoms with Crippen LogP contribution in [-0.2, 0) is 22.6 Å². The topological polar surface area (TPSA) is 128 Å². The number of esters is 1. The zero-order valence-electron chi connectivity index (χ0n) is 20.2. The normalized spacial score (nSPS) is 15.4. The van der Waals surface area contributed by atoms with Crippen molar-refractivity contribution in [2.24, 2.45) is 0 Å². The van der Waals surface area contributed by atoms with Gasteiger partial charge in [0.15, 0.2) is 5.82 Å². The molecule has 0 saturated carbocycles. The number of hydrogen-bond donors (Lipinski definition) is 1. The Morgan fingerprint density at radius 1 is 1.28 bits per heavy atom. The molecule has 11 nitrogen and oxygen atoms in total. The lowest BCUT2D eigenvalue weighted by Gasteiger charge is -2.37. The van der Waals surface area contributed by atoms with Gasteiger partial charge >= 0.3 is 5.97 Å². The first-order valence-electron chi connectivity index (χ1n) is 11.7. The zero-order valence-corrected chi connectivity index (χ0v) is 20.9. The predicted octanol–water partition coefficient (Wildman–Crippen LogP) is 2.12. The molecule has 0 aliphatic carbocycles. The second-order valence-electron chi connectivity index (χ2n) is 8.74. The highest BCUT2D eigenvalue weighted by atomic mass is 35.5. The van der Waals surface area contributed by atoms with Crippen molar-refractivity contribution in [1.82, 2.24) is 34.9 Å². The maximum absolute atomic E-state index is 12.8. The van der Waals surface area contributed by atoms with Crippen molar-refractivity contribution in [3.05, 3.63) is 64.2 Å². The summed E-state index contributed by atoms with van der Waals surface area (Å²) in [5.41, 5.74) is 1.00. The maximum Gasteiger partial charge on any atom is 0.341 e. The van der Waals surface area contributed by atoms with Gasteiger partial charge in [0.2, 0.25) is 5.91 Å². The number of nitrogens with zero attached hydrogens (tertiary/aromatic N) is 7. The van der Waals surface area contributed by atoms with E-state index < -0.39 is 11.6 Å². The number of carbonyl (C=O) groups is 2. The van der Waals surface area contributed by atoms with Gasteiger partial charge < -0.3 is 14.7 Å². The quantitative estimate of drug-likeness (QED) is 0.358. The first kappa shape index (κ1) is 25.5. The molecular formula is C24H28ClN7O4. The lowest BCUT2D eigenvalue weighted by atomic mass is 9.91. The first-order chi connectivity index (χ1) is 17.2. The summed E-state index contributed by atoms with van der Waals surface area (Å²) >= 11 is 6.17. The number of piperidine rings is 1. The first-order valence-corrected chi connectivity index (χ1v) is 12.0. The number of hydrogen-bond acceptors (Lipinski definition) is 8. The molecule has 0 atom stereocenters. The van der Waals surface area contributed by atoms with Crippen molar-refractivity contribution in [3.63, 3.8) is 0 Å². The minimum Gasteiger partial charge on any atom is -0.462 e. The minimum atomic E-state index is -1.02. The van der Waals surface area contributed by atoms with Crippen molar-refractivity contribution in [2.75, 3.05) is 19.7 Å². The summed E-state index contributed by atoms with van der Waals surface area (Å²) in [7, 11) is 0. The molecule has 12 heteroatoms. The van der Waals surface area contributed by atoms with E-state index in [2.05, 4.69) is 20.5 Å². The van der Waals surface area contributed by atoms with Crippen LogP contribution in [0.4, 0.5) is 0 Å². The number of benzene rings is 1. The standard InChI is InChI=1S/C24H28ClN7O4/c1-3-36-23(34)20-13-26-31(14-20)16-24(35)8-10-30(11-9-24)22(33)7-5-18-4-6-21(25)12-19(18)15-32-28-17(2)27-29-32/h4-7,12-14,35H,3,8-11,15-16H2,1-2H3. The van der Waals surface area contributed by atoms with E-state index in [-0.39, 0.29) is 19.1 Å². The largest absolute Gasteiger partial charge is 0.462 e. The second kappa shape index (κ2) is 11.0. The molecule has 0 spiro atoms. The number of tetrazole rings is 1. The van der Waals surface area contributed by atoms with Crippen LogP contribution in [-0.4, -0.2) is 77.2 Å². The molecule has 1 fully saturated rings. The van der Waals surface area contributed by atoms with Crippen molar-refractivity contribution in [3.8, 4) is 0 Å².